The van der Waals surface area contributed by atoms with Gasteiger partial charge in [-0.3, -0.25) is 9.59 Å². The van der Waals surface area contributed by atoms with Gasteiger partial charge in [0.1, 0.15) is 11.4 Å². The van der Waals surface area contributed by atoms with Crippen molar-refractivity contribution in [3.05, 3.63) is 76.4 Å². The van der Waals surface area contributed by atoms with E-state index in [0.29, 0.717) is 11.1 Å². The van der Waals surface area contributed by atoms with Crippen LogP contribution in [0.1, 0.15) is 10.6 Å². The lowest BCUT2D eigenvalue weighted by atomic mass is 10.2. The predicted molar refractivity (Wildman–Crippen MR) is 87.8 cm³/mol. The Balaban J connectivity index is 1.65. The lowest BCUT2D eigenvalue weighted by Crippen LogP contribution is -2.21. The molecule has 1 aromatic heterocycles. The Kier molecular flexibility index (Phi) is 4.56. The second-order valence-electron chi connectivity index (χ2n) is 5.10. The first-order chi connectivity index (χ1) is 12.0. The van der Waals surface area contributed by atoms with Crippen LogP contribution < -0.4 is 10.7 Å². The minimum atomic E-state index is -0.933. The molecule has 0 spiro atoms. The SMILES string of the molecule is O=C(COC(=O)c1cc(=O)c2ccccc2o1)Nc1ccc(F)cc1. The zero-order valence-corrected chi connectivity index (χ0v) is 12.8. The van der Waals surface area contributed by atoms with Crippen molar-refractivity contribution < 1.29 is 23.1 Å². The van der Waals surface area contributed by atoms with Crippen molar-refractivity contribution in [2.24, 2.45) is 0 Å². The van der Waals surface area contributed by atoms with Crippen LogP contribution in [0.25, 0.3) is 11.0 Å². The van der Waals surface area contributed by atoms with E-state index in [1.165, 1.54) is 24.3 Å². The fraction of sp³-hybridized carbons (Fsp3) is 0.0556. The molecule has 1 heterocycles. The largest absolute Gasteiger partial charge is 0.450 e. The summed E-state index contributed by atoms with van der Waals surface area (Å²) < 4.78 is 22.9. The number of carbonyl (C=O) groups excluding carboxylic acids is 2. The minimum Gasteiger partial charge on any atom is -0.450 e. The molecule has 0 radical (unpaired) electrons. The number of ether oxygens (including phenoxy) is 1. The lowest BCUT2D eigenvalue weighted by molar-refractivity contribution is -0.119. The molecule has 6 nitrogen and oxygen atoms in total. The summed E-state index contributed by atoms with van der Waals surface area (Å²) in [5, 5.41) is 2.78. The summed E-state index contributed by atoms with van der Waals surface area (Å²) in [5.41, 5.74) is 0.224. The molecule has 7 heteroatoms. The van der Waals surface area contributed by atoms with Gasteiger partial charge < -0.3 is 14.5 Å². The van der Waals surface area contributed by atoms with E-state index in [-0.39, 0.29) is 16.8 Å². The molecule has 0 bridgehead atoms. The smallest absolute Gasteiger partial charge is 0.374 e. The number of esters is 1. The van der Waals surface area contributed by atoms with Crippen molar-refractivity contribution >= 4 is 28.5 Å². The Morgan fingerprint density at radius 3 is 2.56 bits per heavy atom. The van der Waals surface area contributed by atoms with Gasteiger partial charge in [-0.2, -0.15) is 0 Å². The number of hydrogen-bond acceptors (Lipinski definition) is 5. The first-order valence-corrected chi connectivity index (χ1v) is 7.28. The maximum atomic E-state index is 12.8. The number of para-hydroxylation sites is 1. The zero-order chi connectivity index (χ0) is 17.8. The van der Waals surface area contributed by atoms with Crippen LogP contribution in [0.4, 0.5) is 10.1 Å². The lowest BCUT2D eigenvalue weighted by Gasteiger charge is -2.06. The third kappa shape index (κ3) is 3.89. The quantitative estimate of drug-likeness (QED) is 0.738. The number of halogens is 1. The molecule has 2 aromatic carbocycles. The maximum Gasteiger partial charge on any atom is 0.374 e. The van der Waals surface area contributed by atoms with E-state index in [1.54, 1.807) is 24.3 Å². The van der Waals surface area contributed by atoms with Gasteiger partial charge in [0.25, 0.3) is 5.91 Å². The fourth-order valence-corrected chi connectivity index (χ4v) is 2.14. The van der Waals surface area contributed by atoms with Crippen molar-refractivity contribution in [2.45, 2.75) is 0 Å². The highest BCUT2D eigenvalue weighted by Gasteiger charge is 2.15. The van der Waals surface area contributed by atoms with Crippen molar-refractivity contribution in [3.63, 3.8) is 0 Å². The van der Waals surface area contributed by atoms with E-state index < -0.39 is 24.3 Å². The Morgan fingerprint density at radius 2 is 1.80 bits per heavy atom. The second kappa shape index (κ2) is 6.96. The summed E-state index contributed by atoms with van der Waals surface area (Å²) in [6, 6.07) is 12.6. The average Bonchev–Trinajstić information content (AvgIpc) is 2.61. The molecule has 0 atom stereocenters. The molecule has 0 aliphatic heterocycles. The van der Waals surface area contributed by atoms with Crippen LogP contribution in [-0.2, 0) is 9.53 Å². The van der Waals surface area contributed by atoms with Crippen LogP contribution in [0.2, 0.25) is 0 Å². The Morgan fingerprint density at radius 1 is 1.08 bits per heavy atom. The summed E-state index contributed by atoms with van der Waals surface area (Å²) >= 11 is 0. The predicted octanol–water partition coefficient (Wildman–Crippen LogP) is 2.73. The summed E-state index contributed by atoms with van der Waals surface area (Å²) in [5.74, 6) is -2.27. The minimum absolute atomic E-state index is 0.248. The van der Waals surface area contributed by atoms with Crippen LogP contribution >= 0.6 is 0 Å². The standard InChI is InChI=1S/C18H12FNO5/c19-11-5-7-12(8-6-11)20-17(22)10-24-18(23)16-9-14(21)13-3-1-2-4-15(13)25-16/h1-9H,10H2,(H,20,22). The molecule has 126 valence electrons. The van der Waals surface area contributed by atoms with Gasteiger partial charge in [0.15, 0.2) is 12.0 Å². The first-order valence-electron chi connectivity index (χ1n) is 7.28. The molecule has 0 saturated heterocycles. The van der Waals surface area contributed by atoms with Crippen molar-refractivity contribution in [2.75, 3.05) is 11.9 Å². The summed E-state index contributed by atoms with van der Waals surface area (Å²) in [7, 11) is 0. The first kappa shape index (κ1) is 16.4. The molecule has 3 rings (SSSR count). The second-order valence-corrected chi connectivity index (χ2v) is 5.10. The van der Waals surface area contributed by atoms with Crippen LogP contribution in [0, 0.1) is 5.82 Å². The van der Waals surface area contributed by atoms with Gasteiger partial charge in [0, 0.05) is 11.8 Å². The van der Waals surface area contributed by atoms with E-state index in [4.69, 9.17) is 9.15 Å². The van der Waals surface area contributed by atoms with Gasteiger partial charge in [-0.05, 0) is 36.4 Å². The highest BCUT2D eigenvalue weighted by atomic mass is 19.1. The normalized spacial score (nSPS) is 10.4. The number of anilines is 1. The molecule has 0 aliphatic carbocycles. The van der Waals surface area contributed by atoms with E-state index in [1.807, 2.05) is 0 Å². The molecule has 1 amide bonds. The molecule has 0 unspecified atom stereocenters. The Hall–Kier alpha value is -3.48. The molecule has 0 aliphatic rings. The van der Waals surface area contributed by atoms with E-state index in [2.05, 4.69) is 5.32 Å². The van der Waals surface area contributed by atoms with Crippen LogP contribution in [-0.4, -0.2) is 18.5 Å². The number of nitrogens with one attached hydrogen (secondary N) is 1. The maximum absolute atomic E-state index is 12.8. The van der Waals surface area contributed by atoms with Gasteiger partial charge in [-0.25, -0.2) is 9.18 Å². The van der Waals surface area contributed by atoms with E-state index in [9.17, 15) is 18.8 Å². The third-order valence-corrected chi connectivity index (χ3v) is 3.30. The summed E-state index contributed by atoms with van der Waals surface area (Å²) in [6.45, 7) is -0.577. The zero-order valence-electron chi connectivity index (χ0n) is 12.8. The van der Waals surface area contributed by atoms with E-state index in [0.717, 1.165) is 6.07 Å². The molecule has 25 heavy (non-hydrogen) atoms. The summed E-state index contributed by atoms with van der Waals surface area (Å²) in [6.07, 6.45) is 0. The molecule has 3 aromatic rings. The molecular formula is C18H12FNO5. The average molecular weight is 341 g/mol. The van der Waals surface area contributed by atoms with Crippen LogP contribution in [0.15, 0.2) is 63.8 Å². The number of benzene rings is 2. The summed E-state index contributed by atoms with van der Waals surface area (Å²) in [4.78, 5) is 35.6. The Labute approximate surface area is 140 Å². The monoisotopic (exact) mass is 341 g/mol. The van der Waals surface area contributed by atoms with Crippen molar-refractivity contribution in [3.8, 4) is 0 Å². The number of amides is 1. The molecule has 1 N–H and O–H groups in total. The molecule has 0 fully saturated rings. The van der Waals surface area contributed by atoms with Gasteiger partial charge in [0.05, 0.1) is 5.39 Å². The van der Waals surface area contributed by atoms with E-state index >= 15 is 0 Å². The molecular weight excluding hydrogens is 329 g/mol. The Bertz CT molecular complexity index is 994. The van der Waals surface area contributed by atoms with Crippen LogP contribution in [0.5, 0.6) is 0 Å². The highest BCUT2D eigenvalue weighted by Crippen LogP contribution is 2.12. The highest BCUT2D eigenvalue weighted by molar-refractivity contribution is 5.95. The number of rotatable bonds is 4. The fourth-order valence-electron chi connectivity index (χ4n) is 2.14. The van der Waals surface area contributed by atoms with Gasteiger partial charge in [-0.15, -0.1) is 0 Å². The number of hydrogen-bond donors (Lipinski definition) is 1. The van der Waals surface area contributed by atoms with Gasteiger partial charge in [0.2, 0.25) is 5.76 Å². The topological polar surface area (TPSA) is 85.6 Å². The van der Waals surface area contributed by atoms with Crippen LogP contribution in [0.3, 0.4) is 0 Å². The number of fused-ring (bicyclic) bond motifs is 1. The number of carbonyl (C=O) groups is 2. The van der Waals surface area contributed by atoms with Crippen molar-refractivity contribution in [1.82, 2.24) is 0 Å². The van der Waals surface area contributed by atoms with Crippen molar-refractivity contribution in [1.29, 1.82) is 0 Å². The van der Waals surface area contributed by atoms with Gasteiger partial charge >= 0.3 is 5.97 Å². The molecule has 0 saturated carbocycles. The van der Waals surface area contributed by atoms with Gasteiger partial charge in [-0.1, -0.05) is 12.1 Å². The third-order valence-electron chi connectivity index (χ3n) is 3.30.